The van der Waals surface area contributed by atoms with E-state index in [9.17, 15) is 4.79 Å². The molecule has 1 atom stereocenters. The van der Waals surface area contributed by atoms with Crippen molar-refractivity contribution in [1.29, 1.82) is 0 Å². The van der Waals surface area contributed by atoms with Gasteiger partial charge in [-0.3, -0.25) is 4.79 Å². The van der Waals surface area contributed by atoms with Gasteiger partial charge in [-0.2, -0.15) is 0 Å². The molecule has 0 aliphatic carbocycles. The van der Waals surface area contributed by atoms with Crippen molar-refractivity contribution >= 4 is 17.5 Å². The normalized spacial score (nSPS) is 12.1. The number of carbonyl (C=O) groups is 1. The predicted octanol–water partition coefficient (Wildman–Crippen LogP) is 2.25. The highest BCUT2D eigenvalue weighted by Crippen LogP contribution is 2.05. The van der Waals surface area contributed by atoms with Crippen LogP contribution in [0.25, 0.3) is 0 Å². The molecule has 94 valence electrons. The lowest BCUT2D eigenvalue weighted by atomic mass is 10.1. The molecule has 18 heavy (non-hydrogen) atoms. The van der Waals surface area contributed by atoms with E-state index < -0.39 is 0 Å². The Bertz CT molecular complexity index is 485. The van der Waals surface area contributed by atoms with Crippen LogP contribution in [-0.2, 0) is 6.42 Å². The second kappa shape index (κ2) is 6.21. The molecular formula is C13H13ClN2O2. The first kappa shape index (κ1) is 12.6. The number of aromatic nitrogens is 1. The molecule has 1 unspecified atom stereocenters. The summed E-state index contributed by atoms with van der Waals surface area (Å²) in [7, 11) is 0. The van der Waals surface area contributed by atoms with Gasteiger partial charge in [0.1, 0.15) is 6.26 Å². The van der Waals surface area contributed by atoms with E-state index in [-0.39, 0.29) is 17.6 Å². The lowest BCUT2D eigenvalue weighted by Crippen LogP contribution is -2.37. The molecule has 0 bridgehead atoms. The van der Waals surface area contributed by atoms with Crippen molar-refractivity contribution in [1.82, 2.24) is 10.5 Å². The number of rotatable bonds is 5. The van der Waals surface area contributed by atoms with Crippen LogP contribution in [0.2, 0.25) is 0 Å². The van der Waals surface area contributed by atoms with Gasteiger partial charge in [0.05, 0.1) is 0 Å². The molecule has 2 rings (SSSR count). The van der Waals surface area contributed by atoms with Crippen molar-refractivity contribution < 1.29 is 9.32 Å². The molecule has 0 fully saturated rings. The van der Waals surface area contributed by atoms with Gasteiger partial charge in [0.25, 0.3) is 5.91 Å². The monoisotopic (exact) mass is 264 g/mol. The van der Waals surface area contributed by atoms with E-state index in [2.05, 4.69) is 15.0 Å². The number of hydrogen-bond acceptors (Lipinski definition) is 3. The molecule has 1 N–H and O–H groups in total. The summed E-state index contributed by atoms with van der Waals surface area (Å²) in [5, 5.41) is 6.40. The van der Waals surface area contributed by atoms with Gasteiger partial charge < -0.3 is 9.84 Å². The second-order valence-corrected chi connectivity index (χ2v) is 4.21. The van der Waals surface area contributed by atoms with Crippen molar-refractivity contribution in [2.24, 2.45) is 0 Å². The fourth-order valence-corrected chi connectivity index (χ4v) is 1.82. The van der Waals surface area contributed by atoms with Crippen molar-refractivity contribution in [3.8, 4) is 0 Å². The molecule has 0 spiro atoms. The molecular weight excluding hydrogens is 252 g/mol. The maximum absolute atomic E-state index is 11.8. The van der Waals surface area contributed by atoms with E-state index >= 15 is 0 Å². The maximum Gasteiger partial charge on any atom is 0.273 e. The first-order chi connectivity index (χ1) is 8.79. The number of alkyl halides is 1. The van der Waals surface area contributed by atoms with Gasteiger partial charge in [-0.15, -0.1) is 11.6 Å². The van der Waals surface area contributed by atoms with Crippen LogP contribution in [0.3, 0.4) is 0 Å². The molecule has 1 heterocycles. The quantitative estimate of drug-likeness (QED) is 0.843. The van der Waals surface area contributed by atoms with Gasteiger partial charge in [-0.05, 0) is 12.0 Å². The topological polar surface area (TPSA) is 55.1 Å². The lowest BCUT2D eigenvalue weighted by Gasteiger charge is -2.15. The van der Waals surface area contributed by atoms with E-state index in [4.69, 9.17) is 11.6 Å². The Morgan fingerprint density at radius 1 is 1.33 bits per heavy atom. The number of nitrogens with one attached hydrogen (secondary N) is 1. The van der Waals surface area contributed by atoms with Gasteiger partial charge in [0.15, 0.2) is 5.69 Å². The highest BCUT2D eigenvalue weighted by atomic mass is 35.5. The van der Waals surface area contributed by atoms with Crippen molar-refractivity contribution in [2.45, 2.75) is 12.5 Å². The maximum atomic E-state index is 11.8. The fourth-order valence-electron chi connectivity index (χ4n) is 1.63. The van der Waals surface area contributed by atoms with Crippen LogP contribution in [0.1, 0.15) is 16.1 Å². The first-order valence-corrected chi connectivity index (χ1v) is 6.14. The third-order valence-corrected chi connectivity index (χ3v) is 2.89. The van der Waals surface area contributed by atoms with E-state index in [0.717, 1.165) is 5.56 Å². The van der Waals surface area contributed by atoms with Gasteiger partial charge in [0, 0.05) is 18.0 Å². The molecule has 0 saturated heterocycles. The van der Waals surface area contributed by atoms with Crippen LogP contribution in [0.5, 0.6) is 0 Å². The van der Waals surface area contributed by atoms with Crippen LogP contribution in [0.4, 0.5) is 0 Å². The van der Waals surface area contributed by atoms with Crippen LogP contribution in [0, 0.1) is 0 Å². The summed E-state index contributed by atoms with van der Waals surface area (Å²) < 4.78 is 4.63. The molecule has 4 nitrogen and oxygen atoms in total. The highest BCUT2D eigenvalue weighted by Gasteiger charge is 2.15. The Morgan fingerprint density at radius 3 is 2.72 bits per heavy atom. The minimum absolute atomic E-state index is 0.127. The molecule has 1 amide bonds. The molecule has 0 aliphatic heterocycles. The van der Waals surface area contributed by atoms with E-state index in [0.29, 0.717) is 12.3 Å². The SMILES string of the molecule is O=C(NC(CCl)Cc1ccccc1)c1ccon1. The van der Waals surface area contributed by atoms with Crippen LogP contribution in [0.15, 0.2) is 47.2 Å². The third kappa shape index (κ3) is 3.34. The molecule has 0 aliphatic rings. The zero-order valence-electron chi connectivity index (χ0n) is 9.67. The minimum Gasteiger partial charge on any atom is -0.364 e. The largest absolute Gasteiger partial charge is 0.364 e. The first-order valence-electron chi connectivity index (χ1n) is 5.60. The molecule has 1 aromatic heterocycles. The van der Waals surface area contributed by atoms with Crippen LogP contribution >= 0.6 is 11.6 Å². The zero-order chi connectivity index (χ0) is 12.8. The van der Waals surface area contributed by atoms with E-state index in [1.807, 2.05) is 30.3 Å². The standard InChI is InChI=1S/C13H13ClN2O2/c14-9-11(8-10-4-2-1-3-5-10)15-13(17)12-6-7-18-16-12/h1-7,11H,8-9H2,(H,15,17). The molecule has 0 radical (unpaired) electrons. The minimum atomic E-state index is -0.273. The molecule has 0 saturated carbocycles. The average molecular weight is 265 g/mol. The zero-order valence-corrected chi connectivity index (χ0v) is 10.4. The van der Waals surface area contributed by atoms with Crippen LogP contribution < -0.4 is 5.32 Å². The van der Waals surface area contributed by atoms with E-state index in [1.54, 1.807) is 0 Å². The van der Waals surface area contributed by atoms with Crippen molar-refractivity contribution in [2.75, 3.05) is 5.88 Å². The predicted molar refractivity (Wildman–Crippen MR) is 68.6 cm³/mol. The van der Waals surface area contributed by atoms with Crippen LogP contribution in [-0.4, -0.2) is 23.0 Å². The summed E-state index contributed by atoms with van der Waals surface area (Å²) in [5.41, 5.74) is 1.39. The number of amides is 1. The molecule has 5 heteroatoms. The smallest absolute Gasteiger partial charge is 0.273 e. The Kier molecular flexibility index (Phi) is 4.36. The summed E-state index contributed by atoms with van der Waals surface area (Å²) in [6.45, 7) is 0. The Labute approximate surface area is 110 Å². The lowest BCUT2D eigenvalue weighted by molar-refractivity contribution is 0.0931. The number of hydrogen-bond donors (Lipinski definition) is 1. The Morgan fingerprint density at radius 2 is 2.11 bits per heavy atom. The van der Waals surface area contributed by atoms with Gasteiger partial charge in [-0.1, -0.05) is 35.5 Å². The van der Waals surface area contributed by atoms with Crippen molar-refractivity contribution in [3.05, 3.63) is 53.9 Å². The Balaban J connectivity index is 1.96. The van der Waals surface area contributed by atoms with E-state index in [1.165, 1.54) is 12.3 Å². The Hall–Kier alpha value is -1.81. The molecule has 2 aromatic rings. The number of halogens is 1. The number of nitrogens with zero attached hydrogens (tertiary/aromatic N) is 1. The third-order valence-electron chi connectivity index (χ3n) is 2.52. The van der Waals surface area contributed by atoms with Crippen molar-refractivity contribution in [3.63, 3.8) is 0 Å². The second-order valence-electron chi connectivity index (χ2n) is 3.90. The summed E-state index contributed by atoms with van der Waals surface area (Å²) in [6.07, 6.45) is 2.05. The summed E-state index contributed by atoms with van der Waals surface area (Å²) in [6, 6.07) is 11.3. The summed E-state index contributed by atoms with van der Waals surface area (Å²) in [5.74, 6) is 0.0729. The number of benzene rings is 1. The summed E-state index contributed by atoms with van der Waals surface area (Å²) in [4.78, 5) is 11.8. The highest BCUT2D eigenvalue weighted by molar-refractivity contribution is 6.18. The number of carbonyl (C=O) groups excluding carboxylic acids is 1. The van der Waals surface area contributed by atoms with Gasteiger partial charge in [0.2, 0.25) is 0 Å². The van der Waals surface area contributed by atoms with Gasteiger partial charge >= 0.3 is 0 Å². The fraction of sp³-hybridized carbons (Fsp3) is 0.231. The summed E-state index contributed by atoms with van der Waals surface area (Å²) >= 11 is 5.86. The van der Waals surface area contributed by atoms with Gasteiger partial charge in [-0.25, -0.2) is 0 Å². The average Bonchev–Trinajstić information content (AvgIpc) is 2.93. The molecule has 1 aromatic carbocycles.